The van der Waals surface area contributed by atoms with Gasteiger partial charge in [-0.05, 0) is 6.42 Å². The van der Waals surface area contributed by atoms with E-state index in [1.807, 2.05) is 30.3 Å². The molecule has 0 unspecified atom stereocenters. The monoisotopic (exact) mass is 322 g/mol. The number of hydrogen-bond donors (Lipinski definition) is 0. The molecule has 1 heterocycles. The fourth-order valence-electron chi connectivity index (χ4n) is 2.78. The summed E-state index contributed by atoms with van der Waals surface area (Å²) in [7, 11) is -3.20. The van der Waals surface area contributed by atoms with Crippen LogP contribution in [0.3, 0.4) is 0 Å². The maximum atomic E-state index is 11.7. The molecule has 1 aromatic rings. The highest BCUT2D eigenvalue weighted by atomic mass is 28.4. The summed E-state index contributed by atoms with van der Waals surface area (Å²) in [5, 5.41) is 0.792. The van der Waals surface area contributed by atoms with Crippen molar-refractivity contribution in [3.05, 3.63) is 30.3 Å². The Morgan fingerprint density at radius 1 is 1.14 bits per heavy atom. The van der Waals surface area contributed by atoms with Crippen molar-refractivity contribution in [2.45, 2.75) is 33.2 Å². The highest BCUT2D eigenvalue weighted by Gasteiger charge is 2.55. The SMILES string of the molecule is CCC1(C[Si](OC(C)=O)(OC(C)=O)c2ccccc2)COC1. The summed E-state index contributed by atoms with van der Waals surface area (Å²) < 4.78 is 16.7. The van der Waals surface area contributed by atoms with Gasteiger partial charge >= 0.3 is 8.56 Å². The predicted octanol–water partition coefficient (Wildman–Crippen LogP) is 1.89. The summed E-state index contributed by atoms with van der Waals surface area (Å²) in [6, 6.07) is 9.85. The van der Waals surface area contributed by atoms with Gasteiger partial charge in [0.2, 0.25) is 0 Å². The molecule has 1 fully saturated rings. The summed E-state index contributed by atoms with van der Waals surface area (Å²) >= 11 is 0. The molecule has 1 saturated heterocycles. The third-order valence-electron chi connectivity index (χ3n) is 4.01. The maximum absolute atomic E-state index is 11.7. The number of carbonyl (C=O) groups is 2. The molecule has 2 rings (SSSR count). The molecule has 1 aromatic carbocycles. The third kappa shape index (κ3) is 3.56. The Morgan fingerprint density at radius 3 is 2.05 bits per heavy atom. The van der Waals surface area contributed by atoms with Gasteiger partial charge in [0, 0.05) is 30.5 Å². The van der Waals surface area contributed by atoms with Crippen molar-refractivity contribution >= 4 is 25.7 Å². The van der Waals surface area contributed by atoms with Gasteiger partial charge in [0.25, 0.3) is 11.9 Å². The van der Waals surface area contributed by atoms with Gasteiger partial charge in [-0.2, -0.15) is 0 Å². The fourth-order valence-corrected chi connectivity index (χ4v) is 6.48. The van der Waals surface area contributed by atoms with E-state index in [1.165, 1.54) is 13.8 Å². The van der Waals surface area contributed by atoms with E-state index < -0.39 is 20.5 Å². The lowest BCUT2D eigenvalue weighted by atomic mass is 9.85. The Bertz CT molecular complexity index is 517. The first kappa shape index (κ1) is 16.7. The zero-order valence-electron chi connectivity index (χ0n) is 13.3. The van der Waals surface area contributed by atoms with E-state index in [9.17, 15) is 9.59 Å². The Hall–Kier alpha value is -1.66. The quantitative estimate of drug-likeness (QED) is 0.749. The first-order valence-corrected chi connectivity index (χ1v) is 9.46. The summed E-state index contributed by atoms with van der Waals surface area (Å²) in [6.07, 6.45) is 0.886. The van der Waals surface area contributed by atoms with Crippen LogP contribution in [0.1, 0.15) is 27.2 Å². The largest absolute Gasteiger partial charge is 0.500 e. The minimum absolute atomic E-state index is 0.0903. The Balaban J connectivity index is 2.43. The molecule has 0 spiro atoms. The van der Waals surface area contributed by atoms with Crippen molar-refractivity contribution in [1.82, 2.24) is 0 Å². The second-order valence-electron chi connectivity index (χ2n) is 5.83. The van der Waals surface area contributed by atoms with E-state index in [2.05, 4.69) is 6.92 Å². The lowest BCUT2D eigenvalue weighted by molar-refractivity contribution is -0.141. The van der Waals surface area contributed by atoms with Gasteiger partial charge in [-0.25, -0.2) is 0 Å². The van der Waals surface area contributed by atoms with E-state index in [1.54, 1.807) is 0 Å². The van der Waals surface area contributed by atoms with Crippen LogP contribution < -0.4 is 5.19 Å². The maximum Gasteiger partial charge on any atom is 0.500 e. The average Bonchev–Trinajstić information content (AvgIpc) is 2.42. The molecule has 1 aliphatic heterocycles. The third-order valence-corrected chi connectivity index (χ3v) is 7.67. The molecule has 22 heavy (non-hydrogen) atoms. The molecule has 1 aliphatic rings. The summed E-state index contributed by atoms with van der Waals surface area (Å²) in [4.78, 5) is 23.4. The van der Waals surface area contributed by atoms with E-state index in [0.29, 0.717) is 19.3 Å². The fraction of sp³-hybridized carbons (Fsp3) is 0.500. The topological polar surface area (TPSA) is 61.8 Å². The normalized spacial score (nSPS) is 16.5. The van der Waals surface area contributed by atoms with Crippen molar-refractivity contribution in [1.29, 1.82) is 0 Å². The van der Waals surface area contributed by atoms with Crippen molar-refractivity contribution in [3.8, 4) is 0 Å². The van der Waals surface area contributed by atoms with Crippen LogP contribution in [0.2, 0.25) is 6.04 Å². The van der Waals surface area contributed by atoms with Gasteiger partial charge in [0.1, 0.15) is 0 Å². The average molecular weight is 322 g/mol. The minimum Gasteiger partial charge on any atom is -0.482 e. The van der Waals surface area contributed by atoms with Crippen LogP contribution in [0.5, 0.6) is 0 Å². The van der Waals surface area contributed by atoms with Gasteiger partial charge in [0.05, 0.1) is 13.2 Å². The van der Waals surface area contributed by atoms with Crippen LogP contribution in [0.4, 0.5) is 0 Å². The van der Waals surface area contributed by atoms with Crippen molar-refractivity contribution in [3.63, 3.8) is 0 Å². The molecule has 120 valence electrons. The number of benzene rings is 1. The first-order valence-electron chi connectivity index (χ1n) is 7.44. The Kier molecular flexibility index (Phi) is 5.03. The van der Waals surface area contributed by atoms with Crippen LogP contribution in [-0.2, 0) is 23.2 Å². The number of ether oxygens (including phenoxy) is 1. The molecule has 0 bridgehead atoms. The highest BCUT2D eigenvalue weighted by molar-refractivity contribution is 6.83. The number of hydrogen-bond acceptors (Lipinski definition) is 5. The predicted molar refractivity (Wildman–Crippen MR) is 83.7 cm³/mol. The molecule has 6 heteroatoms. The molecular formula is C16H22O5Si. The van der Waals surface area contributed by atoms with E-state index in [0.717, 1.165) is 11.6 Å². The summed E-state index contributed by atoms with van der Waals surface area (Å²) in [5.41, 5.74) is -0.0903. The molecule has 0 aliphatic carbocycles. The Labute approximate surface area is 131 Å². The standard InChI is InChI=1S/C16H22O5Si/c1-4-16(10-19-11-16)12-22(20-13(2)17,21-14(3)18)15-8-6-5-7-9-15/h5-9H,4,10-12H2,1-3H3. The first-order chi connectivity index (χ1) is 10.4. The van der Waals surface area contributed by atoms with Gasteiger partial charge in [-0.3, -0.25) is 9.59 Å². The van der Waals surface area contributed by atoms with Crippen LogP contribution in [0.25, 0.3) is 0 Å². The number of rotatable bonds is 6. The van der Waals surface area contributed by atoms with E-state index >= 15 is 0 Å². The molecule has 0 radical (unpaired) electrons. The lowest BCUT2D eigenvalue weighted by Gasteiger charge is -2.44. The van der Waals surface area contributed by atoms with Crippen LogP contribution in [0.15, 0.2) is 30.3 Å². The van der Waals surface area contributed by atoms with Gasteiger partial charge in [0.15, 0.2) is 0 Å². The van der Waals surface area contributed by atoms with Crippen LogP contribution in [0, 0.1) is 5.41 Å². The zero-order chi connectivity index (χ0) is 16.2. The lowest BCUT2D eigenvalue weighted by Crippen LogP contribution is -2.61. The van der Waals surface area contributed by atoms with Gasteiger partial charge < -0.3 is 13.6 Å². The molecule has 0 aromatic heterocycles. The minimum atomic E-state index is -3.20. The van der Waals surface area contributed by atoms with Crippen molar-refractivity contribution in [2.24, 2.45) is 5.41 Å². The number of carbonyl (C=O) groups excluding carboxylic acids is 2. The van der Waals surface area contributed by atoms with E-state index in [4.69, 9.17) is 13.6 Å². The summed E-state index contributed by atoms with van der Waals surface area (Å²) in [6.45, 7) is 5.99. The van der Waals surface area contributed by atoms with Crippen LogP contribution >= 0.6 is 0 Å². The van der Waals surface area contributed by atoms with E-state index in [-0.39, 0.29) is 5.41 Å². The van der Waals surface area contributed by atoms with Crippen molar-refractivity contribution in [2.75, 3.05) is 13.2 Å². The Morgan fingerprint density at radius 2 is 1.68 bits per heavy atom. The molecule has 0 saturated carbocycles. The molecular weight excluding hydrogens is 300 g/mol. The van der Waals surface area contributed by atoms with Crippen molar-refractivity contribution < 1.29 is 23.2 Å². The van der Waals surface area contributed by atoms with Gasteiger partial charge in [-0.1, -0.05) is 37.3 Å². The zero-order valence-corrected chi connectivity index (χ0v) is 14.3. The van der Waals surface area contributed by atoms with Gasteiger partial charge in [-0.15, -0.1) is 0 Å². The highest BCUT2D eigenvalue weighted by Crippen LogP contribution is 2.40. The second kappa shape index (κ2) is 6.62. The second-order valence-corrected chi connectivity index (χ2v) is 8.67. The molecule has 0 N–H and O–H groups in total. The molecule has 0 amide bonds. The molecule has 0 atom stereocenters. The summed E-state index contributed by atoms with van der Waals surface area (Å²) in [5.74, 6) is -0.855. The van der Waals surface area contributed by atoms with Crippen LogP contribution in [-0.4, -0.2) is 33.7 Å². The smallest absolute Gasteiger partial charge is 0.482 e. The molecule has 5 nitrogen and oxygen atoms in total.